The van der Waals surface area contributed by atoms with E-state index in [1.54, 1.807) is 0 Å². The summed E-state index contributed by atoms with van der Waals surface area (Å²) in [6, 6.07) is 0.323. The van der Waals surface area contributed by atoms with Crippen molar-refractivity contribution in [3.63, 3.8) is 0 Å². The minimum Gasteiger partial charge on any atom is -0.481 e. The summed E-state index contributed by atoms with van der Waals surface area (Å²) in [4.78, 5) is 12.4. The molecular weight excluding hydrogens is 237 g/mol. The Morgan fingerprint density at radius 2 is 2.13 bits per heavy atom. The number of carboxylic acids is 1. The van der Waals surface area contributed by atoms with Crippen molar-refractivity contribution in [3.8, 4) is 0 Å². The number of aliphatic carboxylic acids is 1. The van der Waals surface area contributed by atoms with E-state index in [4.69, 9.17) is 28.3 Å². The summed E-state index contributed by atoms with van der Waals surface area (Å²) in [5.41, 5.74) is 1.34. The summed E-state index contributed by atoms with van der Waals surface area (Å²) in [5, 5.41) is 9.09. The first-order valence-electron chi connectivity index (χ1n) is 4.88. The maximum atomic E-state index is 10.4. The van der Waals surface area contributed by atoms with Crippen molar-refractivity contribution in [2.75, 3.05) is 13.1 Å². The van der Waals surface area contributed by atoms with Gasteiger partial charge in [0.25, 0.3) is 0 Å². The van der Waals surface area contributed by atoms with Gasteiger partial charge in [-0.2, -0.15) is 0 Å². The highest BCUT2D eigenvalue weighted by Crippen LogP contribution is 2.10. The molecule has 0 bridgehead atoms. The first kappa shape index (κ1) is 14.8. The minimum absolute atomic E-state index is 0.186. The van der Waals surface area contributed by atoms with Crippen LogP contribution >= 0.6 is 23.2 Å². The minimum atomic E-state index is -0.766. The van der Waals surface area contributed by atoms with E-state index < -0.39 is 5.97 Å². The zero-order chi connectivity index (χ0) is 11.8. The molecule has 0 amide bonds. The van der Waals surface area contributed by atoms with E-state index in [9.17, 15) is 4.79 Å². The van der Waals surface area contributed by atoms with Crippen LogP contribution in [-0.4, -0.2) is 35.1 Å². The van der Waals surface area contributed by atoms with E-state index in [2.05, 4.69) is 4.90 Å². The third-order valence-electron chi connectivity index (χ3n) is 2.04. The Balaban J connectivity index is 4.00. The van der Waals surface area contributed by atoms with E-state index in [0.717, 1.165) is 0 Å². The van der Waals surface area contributed by atoms with E-state index in [1.165, 1.54) is 5.54 Å². The molecule has 0 saturated heterocycles. The van der Waals surface area contributed by atoms with Crippen LogP contribution in [0.15, 0.2) is 10.6 Å². The predicted octanol–water partition coefficient (Wildman–Crippen LogP) is 2.88. The van der Waals surface area contributed by atoms with Gasteiger partial charge >= 0.3 is 5.97 Å². The normalized spacial score (nSPS) is 12.5. The highest BCUT2D eigenvalue weighted by molar-refractivity contribution is 6.36. The molecule has 0 rings (SSSR count). The molecule has 3 nitrogen and oxygen atoms in total. The fourth-order valence-corrected chi connectivity index (χ4v) is 1.40. The van der Waals surface area contributed by atoms with Gasteiger partial charge in [-0.25, -0.2) is 0 Å². The zero-order valence-electron chi connectivity index (χ0n) is 9.04. The van der Waals surface area contributed by atoms with E-state index in [1.807, 2.05) is 13.8 Å². The molecule has 0 aliphatic carbocycles. The van der Waals surface area contributed by atoms with Crippen LogP contribution < -0.4 is 0 Å². The highest BCUT2D eigenvalue weighted by atomic mass is 35.5. The smallest absolute Gasteiger partial charge is 0.303 e. The van der Waals surface area contributed by atoms with E-state index in [0.29, 0.717) is 30.6 Å². The van der Waals surface area contributed by atoms with Crippen molar-refractivity contribution in [2.45, 2.75) is 32.7 Å². The molecule has 15 heavy (non-hydrogen) atoms. The van der Waals surface area contributed by atoms with Crippen LogP contribution in [0.1, 0.15) is 26.7 Å². The van der Waals surface area contributed by atoms with Gasteiger partial charge < -0.3 is 5.11 Å². The molecular formula is C10H17Cl2NO2. The number of carbonyl (C=O) groups is 1. The molecule has 0 spiro atoms. The van der Waals surface area contributed by atoms with Crippen molar-refractivity contribution >= 4 is 29.2 Å². The predicted molar refractivity (Wildman–Crippen MR) is 63.4 cm³/mol. The number of hydrogen-bond donors (Lipinski definition) is 1. The molecule has 5 heteroatoms. The SMILES string of the molecule is CC(C)N(CCCC(=O)O)CC(Cl)=CCl. The third-order valence-corrected chi connectivity index (χ3v) is 2.64. The van der Waals surface area contributed by atoms with Crippen LogP contribution in [0.4, 0.5) is 0 Å². The van der Waals surface area contributed by atoms with E-state index in [-0.39, 0.29) is 6.42 Å². The lowest BCUT2D eigenvalue weighted by Crippen LogP contribution is -2.33. The van der Waals surface area contributed by atoms with Gasteiger partial charge in [0.15, 0.2) is 0 Å². The highest BCUT2D eigenvalue weighted by Gasteiger charge is 2.11. The molecule has 0 aromatic rings. The van der Waals surface area contributed by atoms with E-state index >= 15 is 0 Å². The van der Waals surface area contributed by atoms with Gasteiger partial charge in [0.1, 0.15) is 0 Å². The topological polar surface area (TPSA) is 40.5 Å². The Kier molecular flexibility index (Phi) is 7.83. The van der Waals surface area contributed by atoms with Gasteiger partial charge in [-0.3, -0.25) is 9.69 Å². The second-order valence-electron chi connectivity index (χ2n) is 3.62. The third kappa shape index (κ3) is 7.65. The number of halogens is 2. The molecule has 0 heterocycles. The first-order valence-corrected chi connectivity index (χ1v) is 5.69. The molecule has 0 atom stereocenters. The Morgan fingerprint density at radius 3 is 2.53 bits per heavy atom. The van der Waals surface area contributed by atoms with Crippen LogP contribution in [0.3, 0.4) is 0 Å². The van der Waals surface area contributed by atoms with Crippen LogP contribution in [0, 0.1) is 0 Å². The van der Waals surface area contributed by atoms with Crippen LogP contribution in [0.2, 0.25) is 0 Å². The maximum Gasteiger partial charge on any atom is 0.303 e. The molecule has 0 saturated carbocycles. The summed E-state index contributed by atoms with van der Waals surface area (Å²) in [7, 11) is 0. The van der Waals surface area contributed by atoms with Gasteiger partial charge in [0.2, 0.25) is 0 Å². The van der Waals surface area contributed by atoms with Crippen molar-refractivity contribution in [3.05, 3.63) is 10.6 Å². The summed E-state index contributed by atoms with van der Waals surface area (Å²) < 4.78 is 0. The summed E-state index contributed by atoms with van der Waals surface area (Å²) in [6.07, 6.45) is 0.811. The van der Waals surface area contributed by atoms with Crippen molar-refractivity contribution in [1.82, 2.24) is 4.90 Å². The molecule has 1 N–H and O–H groups in total. The van der Waals surface area contributed by atoms with Gasteiger partial charge in [0.05, 0.1) is 0 Å². The molecule has 0 aromatic carbocycles. The number of hydrogen-bond acceptors (Lipinski definition) is 2. The van der Waals surface area contributed by atoms with Crippen molar-refractivity contribution < 1.29 is 9.90 Å². The maximum absolute atomic E-state index is 10.4. The fourth-order valence-electron chi connectivity index (χ4n) is 1.18. The van der Waals surface area contributed by atoms with Crippen LogP contribution in [0.25, 0.3) is 0 Å². The molecule has 0 aliphatic heterocycles. The molecule has 0 unspecified atom stereocenters. The standard InChI is InChI=1S/C10H17Cl2NO2/c1-8(2)13(7-9(12)6-11)5-3-4-10(14)15/h6,8H,3-5,7H2,1-2H3,(H,14,15). The van der Waals surface area contributed by atoms with Gasteiger partial charge in [-0.05, 0) is 26.8 Å². The zero-order valence-corrected chi connectivity index (χ0v) is 10.6. The monoisotopic (exact) mass is 253 g/mol. The average Bonchev–Trinajstić information content (AvgIpc) is 2.15. The fraction of sp³-hybridized carbons (Fsp3) is 0.700. The van der Waals surface area contributed by atoms with Crippen LogP contribution in [0.5, 0.6) is 0 Å². The Hall–Kier alpha value is -0.250. The van der Waals surface area contributed by atoms with Crippen LogP contribution in [-0.2, 0) is 4.79 Å². The lowest BCUT2D eigenvalue weighted by molar-refractivity contribution is -0.137. The molecule has 0 radical (unpaired) electrons. The average molecular weight is 254 g/mol. The van der Waals surface area contributed by atoms with Gasteiger partial charge in [0, 0.05) is 29.6 Å². The Bertz CT molecular complexity index is 229. The Labute approximate surface area is 101 Å². The molecule has 0 aliphatic rings. The van der Waals surface area contributed by atoms with Gasteiger partial charge in [-0.1, -0.05) is 23.2 Å². The van der Waals surface area contributed by atoms with Crippen molar-refractivity contribution in [1.29, 1.82) is 0 Å². The largest absolute Gasteiger partial charge is 0.481 e. The van der Waals surface area contributed by atoms with Crippen molar-refractivity contribution in [2.24, 2.45) is 0 Å². The summed E-state index contributed by atoms with van der Waals surface area (Å²) in [6.45, 7) is 5.37. The quantitative estimate of drug-likeness (QED) is 0.759. The second-order valence-corrected chi connectivity index (χ2v) is 4.32. The Morgan fingerprint density at radius 1 is 1.53 bits per heavy atom. The first-order chi connectivity index (χ1) is 6.97. The lowest BCUT2D eigenvalue weighted by atomic mass is 10.2. The number of rotatable bonds is 7. The number of nitrogens with zero attached hydrogens (tertiary/aromatic N) is 1. The summed E-state index contributed by atoms with van der Waals surface area (Å²) in [5.74, 6) is -0.766. The lowest BCUT2D eigenvalue weighted by Gasteiger charge is -2.25. The summed E-state index contributed by atoms with van der Waals surface area (Å²) >= 11 is 11.3. The molecule has 0 fully saturated rings. The van der Waals surface area contributed by atoms with Gasteiger partial charge in [-0.15, -0.1) is 0 Å². The molecule has 0 aromatic heterocycles. The second kappa shape index (κ2) is 7.97. The molecule has 88 valence electrons. The number of carboxylic acid groups (broad SMARTS) is 1.